The van der Waals surface area contributed by atoms with Crippen molar-refractivity contribution in [3.63, 3.8) is 0 Å². The van der Waals surface area contributed by atoms with E-state index in [1.54, 1.807) is 24.3 Å². The molecular weight excluding hydrogens is 310 g/mol. The number of hydrazine groups is 1. The number of anilines is 1. The van der Waals surface area contributed by atoms with E-state index in [9.17, 15) is 14.4 Å². The Labute approximate surface area is 139 Å². The second-order valence-electron chi connectivity index (χ2n) is 5.80. The fraction of sp³-hybridized carbons (Fsp3) is 0.353. The molecule has 24 heavy (non-hydrogen) atoms. The second kappa shape index (κ2) is 7.16. The van der Waals surface area contributed by atoms with Gasteiger partial charge in [0, 0.05) is 6.42 Å². The lowest BCUT2D eigenvalue weighted by molar-refractivity contribution is -0.129. The minimum absolute atomic E-state index is 0.106. The molecule has 0 saturated heterocycles. The molecule has 7 heteroatoms. The Hall–Kier alpha value is -2.83. The first-order valence-corrected chi connectivity index (χ1v) is 7.90. The van der Waals surface area contributed by atoms with Gasteiger partial charge in [-0.05, 0) is 30.9 Å². The molecule has 0 aromatic heterocycles. The molecule has 1 atom stereocenters. The number of carbonyl (C=O) groups is 3. The maximum atomic E-state index is 12.0. The summed E-state index contributed by atoms with van der Waals surface area (Å²) in [5, 5.41) is 0. The third kappa shape index (κ3) is 3.73. The van der Waals surface area contributed by atoms with Crippen molar-refractivity contribution in [2.75, 3.05) is 18.1 Å². The summed E-state index contributed by atoms with van der Waals surface area (Å²) in [6.45, 7) is -0.284. The molecule has 0 unspecified atom stereocenters. The van der Waals surface area contributed by atoms with E-state index in [1.807, 2.05) is 6.08 Å². The van der Waals surface area contributed by atoms with E-state index in [4.69, 9.17) is 4.74 Å². The van der Waals surface area contributed by atoms with Crippen LogP contribution in [0.1, 0.15) is 19.3 Å². The summed E-state index contributed by atoms with van der Waals surface area (Å²) in [6, 6.07) is 7.02. The Balaban J connectivity index is 1.52. The second-order valence-corrected chi connectivity index (χ2v) is 5.80. The largest absolute Gasteiger partial charge is 0.482 e. The zero-order valence-electron chi connectivity index (χ0n) is 13.2. The molecule has 0 spiro atoms. The number of ether oxygens (including phenoxy) is 1. The molecule has 1 aliphatic heterocycles. The van der Waals surface area contributed by atoms with E-state index in [1.165, 1.54) is 4.90 Å². The number of allylic oxidation sites excluding steroid dienone is 2. The van der Waals surface area contributed by atoms with Crippen LogP contribution in [-0.2, 0) is 14.4 Å². The minimum Gasteiger partial charge on any atom is -0.482 e. The summed E-state index contributed by atoms with van der Waals surface area (Å²) in [5.41, 5.74) is 5.30. The lowest BCUT2D eigenvalue weighted by Gasteiger charge is -2.28. The van der Waals surface area contributed by atoms with Crippen LogP contribution < -0.4 is 20.5 Å². The topological polar surface area (TPSA) is 87.7 Å². The smallest absolute Gasteiger partial charge is 0.265 e. The molecule has 0 saturated carbocycles. The van der Waals surface area contributed by atoms with Crippen molar-refractivity contribution in [2.45, 2.75) is 19.3 Å². The number of para-hydroxylation sites is 2. The zero-order chi connectivity index (χ0) is 16.9. The molecule has 0 bridgehead atoms. The highest BCUT2D eigenvalue weighted by atomic mass is 16.5. The van der Waals surface area contributed by atoms with E-state index in [0.717, 1.165) is 12.8 Å². The average molecular weight is 329 g/mol. The van der Waals surface area contributed by atoms with Crippen LogP contribution in [-0.4, -0.2) is 30.9 Å². The number of carbonyl (C=O) groups excluding carboxylic acids is 3. The highest BCUT2D eigenvalue weighted by molar-refractivity contribution is 6.02. The molecule has 2 aliphatic rings. The molecular formula is C17H19N3O4. The number of nitrogens with zero attached hydrogens (tertiary/aromatic N) is 1. The summed E-state index contributed by atoms with van der Waals surface area (Å²) in [6.07, 6.45) is 6.36. The van der Waals surface area contributed by atoms with Crippen LogP contribution in [0.5, 0.6) is 5.75 Å². The van der Waals surface area contributed by atoms with Gasteiger partial charge in [0.1, 0.15) is 12.3 Å². The molecule has 1 heterocycles. The van der Waals surface area contributed by atoms with Gasteiger partial charge in [0.2, 0.25) is 5.91 Å². The van der Waals surface area contributed by atoms with Crippen LogP contribution in [0.4, 0.5) is 5.69 Å². The fourth-order valence-electron chi connectivity index (χ4n) is 2.80. The van der Waals surface area contributed by atoms with E-state index in [-0.39, 0.29) is 30.9 Å². The van der Waals surface area contributed by atoms with Crippen molar-refractivity contribution < 1.29 is 19.1 Å². The minimum atomic E-state index is -0.463. The number of hydrogen-bond acceptors (Lipinski definition) is 4. The number of amides is 3. The highest BCUT2D eigenvalue weighted by Gasteiger charge is 2.27. The Morgan fingerprint density at radius 3 is 2.79 bits per heavy atom. The predicted molar refractivity (Wildman–Crippen MR) is 87.1 cm³/mol. The first-order chi connectivity index (χ1) is 11.6. The number of benzene rings is 1. The van der Waals surface area contributed by atoms with Gasteiger partial charge in [-0.15, -0.1) is 0 Å². The third-order valence-corrected chi connectivity index (χ3v) is 4.01. The van der Waals surface area contributed by atoms with Crippen molar-refractivity contribution >= 4 is 23.4 Å². The van der Waals surface area contributed by atoms with Gasteiger partial charge in [-0.25, -0.2) is 0 Å². The first-order valence-electron chi connectivity index (χ1n) is 7.90. The number of hydrogen-bond donors (Lipinski definition) is 2. The normalized spacial score (nSPS) is 18.8. The maximum absolute atomic E-state index is 12.0. The Kier molecular flexibility index (Phi) is 4.79. The molecule has 7 nitrogen and oxygen atoms in total. The summed E-state index contributed by atoms with van der Waals surface area (Å²) >= 11 is 0. The van der Waals surface area contributed by atoms with Crippen LogP contribution in [0.2, 0.25) is 0 Å². The summed E-state index contributed by atoms with van der Waals surface area (Å²) < 4.78 is 5.32. The number of fused-ring (bicyclic) bond motifs is 1. The van der Waals surface area contributed by atoms with E-state index >= 15 is 0 Å². The molecule has 3 amide bonds. The Bertz CT molecular complexity index is 686. The van der Waals surface area contributed by atoms with Gasteiger partial charge in [-0.3, -0.25) is 30.1 Å². The van der Waals surface area contributed by atoms with E-state index in [2.05, 4.69) is 16.9 Å². The highest BCUT2D eigenvalue weighted by Crippen LogP contribution is 2.31. The van der Waals surface area contributed by atoms with Gasteiger partial charge >= 0.3 is 0 Å². The van der Waals surface area contributed by atoms with Crippen molar-refractivity contribution in [3.8, 4) is 5.75 Å². The third-order valence-electron chi connectivity index (χ3n) is 4.01. The molecule has 1 aliphatic carbocycles. The van der Waals surface area contributed by atoms with Crippen LogP contribution >= 0.6 is 0 Å². The van der Waals surface area contributed by atoms with Crippen molar-refractivity contribution in [2.24, 2.45) is 5.92 Å². The van der Waals surface area contributed by atoms with Gasteiger partial charge in [0.05, 0.1) is 5.69 Å². The molecule has 2 N–H and O–H groups in total. The predicted octanol–water partition coefficient (Wildman–Crippen LogP) is 0.916. The van der Waals surface area contributed by atoms with Gasteiger partial charge in [0.25, 0.3) is 11.8 Å². The molecule has 0 fully saturated rings. The van der Waals surface area contributed by atoms with E-state index in [0.29, 0.717) is 17.9 Å². The quantitative estimate of drug-likeness (QED) is 0.635. The van der Waals surface area contributed by atoms with E-state index < -0.39 is 5.91 Å². The molecule has 1 aromatic rings. The Morgan fingerprint density at radius 1 is 1.21 bits per heavy atom. The van der Waals surface area contributed by atoms with Crippen LogP contribution in [0.15, 0.2) is 36.4 Å². The van der Waals surface area contributed by atoms with Gasteiger partial charge in [-0.2, -0.15) is 0 Å². The van der Waals surface area contributed by atoms with Crippen LogP contribution in [0.3, 0.4) is 0 Å². The van der Waals surface area contributed by atoms with Crippen molar-refractivity contribution in [1.82, 2.24) is 10.9 Å². The van der Waals surface area contributed by atoms with Crippen LogP contribution in [0, 0.1) is 5.92 Å². The molecule has 3 rings (SSSR count). The number of rotatable bonds is 4. The molecule has 126 valence electrons. The lowest BCUT2D eigenvalue weighted by Crippen LogP contribution is -2.49. The van der Waals surface area contributed by atoms with Gasteiger partial charge in [0.15, 0.2) is 6.61 Å². The SMILES string of the molecule is O=C(C[C@H]1C=CCC1)NNC(=O)CN1C(=O)COc2ccccc21. The van der Waals surface area contributed by atoms with Crippen molar-refractivity contribution in [3.05, 3.63) is 36.4 Å². The summed E-state index contributed by atoms with van der Waals surface area (Å²) in [4.78, 5) is 37.2. The fourth-order valence-corrected chi connectivity index (χ4v) is 2.80. The number of nitrogens with one attached hydrogen (secondary N) is 2. The maximum Gasteiger partial charge on any atom is 0.265 e. The summed E-state index contributed by atoms with van der Waals surface area (Å²) in [5.74, 6) is -0.216. The monoisotopic (exact) mass is 329 g/mol. The zero-order valence-corrected chi connectivity index (χ0v) is 13.2. The van der Waals surface area contributed by atoms with Gasteiger partial charge < -0.3 is 4.74 Å². The molecule has 0 radical (unpaired) electrons. The summed E-state index contributed by atoms with van der Waals surface area (Å²) in [7, 11) is 0. The van der Waals surface area contributed by atoms with Crippen molar-refractivity contribution in [1.29, 1.82) is 0 Å². The van der Waals surface area contributed by atoms with Crippen LogP contribution in [0.25, 0.3) is 0 Å². The Morgan fingerprint density at radius 2 is 2.00 bits per heavy atom. The van der Waals surface area contributed by atoms with Gasteiger partial charge in [-0.1, -0.05) is 24.3 Å². The first kappa shape index (κ1) is 16.0. The molecule has 1 aromatic carbocycles. The lowest BCUT2D eigenvalue weighted by atomic mass is 10.1. The standard InChI is InChI=1S/C17H19N3O4/c21-15(9-12-5-1-2-6-12)18-19-16(22)10-20-13-7-3-4-8-14(13)24-11-17(20)23/h1,3-5,7-8,12H,2,6,9-11H2,(H,18,21)(H,19,22)/t12-/m0/s1. The average Bonchev–Trinajstić information content (AvgIpc) is 3.08.